The Hall–Kier alpha value is -0.870. The molecule has 0 atom stereocenters. The third-order valence-electron chi connectivity index (χ3n) is 7.16. The lowest BCUT2D eigenvalue weighted by Crippen LogP contribution is -2.55. The molecule has 4 heteroatoms. The van der Waals surface area contributed by atoms with Crippen molar-refractivity contribution in [1.82, 2.24) is 9.80 Å². The molecule has 1 aliphatic heterocycles. The van der Waals surface area contributed by atoms with Crippen LogP contribution in [0, 0.1) is 29.6 Å². The molecule has 4 aliphatic carbocycles. The molecule has 6 rings (SSSR count). The largest absolute Gasteiger partial charge is 0.340 e. The molecule has 0 spiro atoms. The molecule has 5 aliphatic rings. The molecule has 130 valence electrons. The van der Waals surface area contributed by atoms with E-state index in [2.05, 4.69) is 27.3 Å². The molecule has 4 saturated carbocycles. The summed E-state index contributed by atoms with van der Waals surface area (Å²) in [7, 11) is 0. The Morgan fingerprint density at radius 3 is 2.25 bits per heavy atom. The zero-order chi connectivity index (χ0) is 16.1. The van der Waals surface area contributed by atoms with E-state index in [9.17, 15) is 4.79 Å². The van der Waals surface area contributed by atoms with Gasteiger partial charge in [-0.1, -0.05) is 6.07 Å². The number of hydrogen-bond acceptors (Lipinski definition) is 3. The van der Waals surface area contributed by atoms with E-state index >= 15 is 0 Å². The minimum atomic E-state index is 0.377. The van der Waals surface area contributed by atoms with Crippen LogP contribution in [0.1, 0.15) is 37.0 Å². The van der Waals surface area contributed by atoms with E-state index in [-0.39, 0.29) is 0 Å². The molecule has 1 amide bonds. The smallest absolute Gasteiger partial charge is 0.226 e. The van der Waals surface area contributed by atoms with Crippen LogP contribution in [0.4, 0.5) is 0 Å². The zero-order valence-corrected chi connectivity index (χ0v) is 15.2. The van der Waals surface area contributed by atoms with Crippen LogP contribution in [0.2, 0.25) is 0 Å². The molecule has 2 heterocycles. The molecule has 1 aromatic heterocycles. The molecule has 1 saturated heterocycles. The number of rotatable bonds is 3. The Kier molecular flexibility index (Phi) is 3.93. The van der Waals surface area contributed by atoms with Crippen LogP contribution in [0.3, 0.4) is 0 Å². The number of piperazine rings is 1. The van der Waals surface area contributed by atoms with E-state index < -0.39 is 0 Å². The number of hydrogen-bond donors (Lipinski definition) is 0. The number of carbonyl (C=O) groups is 1. The van der Waals surface area contributed by atoms with Crippen LogP contribution in [0.25, 0.3) is 0 Å². The van der Waals surface area contributed by atoms with E-state index in [0.717, 1.165) is 56.4 Å². The predicted molar refractivity (Wildman–Crippen MR) is 96.7 cm³/mol. The SMILES string of the molecule is O=C(C1C2CC3CC(C2)CC1C3)N1CCN(Cc2cccs2)CC1. The molecular weight excluding hydrogens is 316 g/mol. The number of thiophene rings is 1. The van der Waals surface area contributed by atoms with Gasteiger partial charge in [-0.15, -0.1) is 11.3 Å². The summed E-state index contributed by atoms with van der Waals surface area (Å²) in [6.07, 6.45) is 6.86. The lowest BCUT2D eigenvalue weighted by atomic mass is 9.51. The molecule has 0 N–H and O–H groups in total. The lowest BCUT2D eigenvalue weighted by Gasteiger charge is -2.54. The summed E-state index contributed by atoms with van der Waals surface area (Å²) in [6.45, 7) is 5.01. The van der Waals surface area contributed by atoms with Gasteiger partial charge < -0.3 is 4.90 Å². The van der Waals surface area contributed by atoms with Crippen LogP contribution >= 0.6 is 11.3 Å². The first-order valence-electron chi connectivity index (χ1n) is 9.80. The monoisotopic (exact) mass is 344 g/mol. The quantitative estimate of drug-likeness (QED) is 0.838. The van der Waals surface area contributed by atoms with Crippen LogP contribution in [0.5, 0.6) is 0 Å². The number of nitrogens with zero attached hydrogens (tertiary/aromatic N) is 2. The Labute approximate surface area is 149 Å². The third kappa shape index (κ3) is 2.72. The van der Waals surface area contributed by atoms with Gasteiger partial charge in [0.1, 0.15) is 0 Å². The van der Waals surface area contributed by atoms with E-state index in [4.69, 9.17) is 0 Å². The Morgan fingerprint density at radius 2 is 1.67 bits per heavy atom. The molecule has 0 aromatic carbocycles. The zero-order valence-electron chi connectivity index (χ0n) is 14.4. The van der Waals surface area contributed by atoms with Crippen LogP contribution < -0.4 is 0 Å². The van der Waals surface area contributed by atoms with Crippen molar-refractivity contribution in [1.29, 1.82) is 0 Å². The molecule has 3 nitrogen and oxygen atoms in total. The predicted octanol–water partition coefficient (Wildman–Crippen LogP) is 3.46. The van der Waals surface area contributed by atoms with Gasteiger partial charge in [-0.25, -0.2) is 0 Å². The minimum Gasteiger partial charge on any atom is -0.340 e. The average molecular weight is 345 g/mol. The van der Waals surface area contributed by atoms with Crippen molar-refractivity contribution in [2.75, 3.05) is 26.2 Å². The Morgan fingerprint density at radius 1 is 1.00 bits per heavy atom. The topological polar surface area (TPSA) is 23.6 Å². The normalized spacial score (nSPS) is 38.7. The minimum absolute atomic E-state index is 0.377. The van der Waals surface area contributed by atoms with E-state index in [0.29, 0.717) is 11.8 Å². The highest BCUT2D eigenvalue weighted by atomic mass is 32.1. The van der Waals surface area contributed by atoms with Crippen LogP contribution in [-0.2, 0) is 11.3 Å². The number of amides is 1. The molecular formula is C20H28N2OS. The van der Waals surface area contributed by atoms with Gasteiger partial charge in [0, 0.05) is 43.5 Å². The summed E-state index contributed by atoms with van der Waals surface area (Å²) >= 11 is 1.84. The molecule has 5 fully saturated rings. The van der Waals surface area contributed by atoms with Gasteiger partial charge >= 0.3 is 0 Å². The lowest BCUT2D eigenvalue weighted by molar-refractivity contribution is -0.150. The van der Waals surface area contributed by atoms with Crippen molar-refractivity contribution in [2.45, 2.75) is 38.6 Å². The van der Waals surface area contributed by atoms with Gasteiger partial charge in [0.25, 0.3) is 0 Å². The Bertz CT molecular complexity index is 563. The van der Waals surface area contributed by atoms with Crippen LogP contribution in [-0.4, -0.2) is 41.9 Å². The molecule has 0 unspecified atom stereocenters. The fourth-order valence-electron chi connectivity index (χ4n) is 6.29. The standard InChI is InChI=1S/C20H28N2OS/c23-20(19-16-9-14-8-15(11-16)12-17(19)10-14)22-5-3-21(4-6-22)13-18-2-1-7-24-18/h1-2,7,14-17,19H,3-6,8-13H2. The second kappa shape index (κ2) is 6.14. The van der Waals surface area contributed by atoms with Crippen molar-refractivity contribution < 1.29 is 4.79 Å². The van der Waals surface area contributed by atoms with Crippen molar-refractivity contribution in [2.24, 2.45) is 29.6 Å². The maximum Gasteiger partial charge on any atom is 0.226 e. The first kappa shape index (κ1) is 15.4. The van der Waals surface area contributed by atoms with Gasteiger partial charge in [-0.3, -0.25) is 9.69 Å². The summed E-state index contributed by atoms with van der Waals surface area (Å²) in [5.41, 5.74) is 0. The van der Waals surface area contributed by atoms with Crippen molar-refractivity contribution in [3.05, 3.63) is 22.4 Å². The second-order valence-corrected chi connectivity index (χ2v) is 9.67. The maximum atomic E-state index is 13.2. The second-order valence-electron chi connectivity index (χ2n) is 8.64. The fraction of sp³-hybridized carbons (Fsp3) is 0.750. The van der Waals surface area contributed by atoms with Crippen molar-refractivity contribution >= 4 is 17.2 Å². The summed E-state index contributed by atoms with van der Waals surface area (Å²) in [6, 6.07) is 4.35. The third-order valence-corrected chi connectivity index (χ3v) is 8.02. The summed E-state index contributed by atoms with van der Waals surface area (Å²) < 4.78 is 0. The molecule has 24 heavy (non-hydrogen) atoms. The van der Waals surface area contributed by atoms with Gasteiger partial charge in [-0.05, 0) is 67.2 Å². The first-order chi connectivity index (χ1) is 11.8. The van der Waals surface area contributed by atoms with Gasteiger partial charge in [0.2, 0.25) is 5.91 Å². The van der Waals surface area contributed by atoms with Gasteiger partial charge in [-0.2, -0.15) is 0 Å². The summed E-state index contributed by atoms with van der Waals surface area (Å²) in [5, 5.41) is 2.15. The van der Waals surface area contributed by atoms with Crippen molar-refractivity contribution in [3.8, 4) is 0 Å². The van der Waals surface area contributed by atoms with Crippen LogP contribution in [0.15, 0.2) is 17.5 Å². The summed E-state index contributed by atoms with van der Waals surface area (Å²) in [5.74, 6) is 4.25. The highest BCUT2D eigenvalue weighted by Gasteiger charge is 2.51. The molecule has 1 aromatic rings. The van der Waals surface area contributed by atoms with Gasteiger partial charge in [0.05, 0.1) is 0 Å². The number of carbonyl (C=O) groups excluding carboxylic acids is 1. The Balaban J connectivity index is 1.20. The first-order valence-corrected chi connectivity index (χ1v) is 10.7. The average Bonchev–Trinajstić information content (AvgIpc) is 3.07. The van der Waals surface area contributed by atoms with E-state index in [1.165, 1.54) is 37.0 Å². The van der Waals surface area contributed by atoms with Gasteiger partial charge in [0.15, 0.2) is 0 Å². The highest BCUT2D eigenvalue weighted by Crippen LogP contribution is 2.56. The molecule has 4 bridgehead atoms. The summed E-state index contributed by atoms with van der Waals surface area (Å²) in [4.78, 5) is 19.4. The van der Waals surface area contributed by atoms with E-state index in [1.807, 2.05) is 11.3 Å². The van der Waals surface area contributed by atoms with Crippen molar-refractivity contribution in [3.63, 3.8) is 0 Å². The molecule has 0 radical (unpaired) electrons. The highest BCUT2D eigenvalue weighted by molar-refractivity contribution is 7.09. The maximum absolute atomic E-state index is 13.2. The van der Waals surface area contributed by atoms with E-state index in [1.54, 1.807) is 0 Å². The fourth-order valence-corrected chi connectivity index (χ4v) is 7.03.